The van der Waals surface area contributed by atoms with Crippen molar-refractivity contribution in [1.29, 1.82) is 0 Å². The molecule has 2 unspecified atom stereocenters. The summed E-state index contributed by atoms with van der Waals surface area (Å²) < 4.78 is 39.1. The van der Waals surface area contributed by atoms with Gasteiger partial charge in [-0.15, -0.1) is 23.2 Å². The number of allylic oxidation sites excluding steroid dienone is 4. The molecule has 0 saturated heterocycles. The van der Waals surface area contributed by atoms with E-state index in [4.69, 9.17) is 41.7 Å². The zero-order valence-electron chi connectivity index (χ0n) is 37.8. The van der Waals surface area contributed by atoms with Crippen LogP contribution in [0.3, 0.4) is 0 Å². The van der Waals surface area contributed by atoms with Crippen LogP contribution in [0.1, 0.15) is 194 Å². The van der Waals surface area contributed by atoms with Crippen molar-refractivity contribution in [2.75, 3.05) is 38.1 Å². The number of carbonyl (C=O) groups is 2. The normalized spacial score (nSPS) is 13.3. The van der Waals surface area contributed by atoms with E-state index in [-0.39, 0.29) is 56.9 Å². The van der Waals surface area contributed by atoms with Gasteiger partial charge in [0, 0.05) is 37.7 Å². The van der Waals surface area contributed by atoms with Gasteiger partial charge < -0.3 is 14.0 Å². The third-order valence-electron chi connectivity index (χ3n) is 10.4. The second-order valence-corrected chi connectivity index (χ2v) is 18.7. The van der Waals surface area contributed by atoms with Gasteiger partial charge in [-0.2, -0.15) is 4.67 Å². The van der Waals surface area contributed by atoms with E-state index in [2.05, 4.69) is 38.2 Å². The second kappa shape index (κ2) is 41.2. The number of benzene rings is 1. The molecule has 60 heavy (non-hydrogen) atoms. The van der Waals surface area contributed by atoms with Gasteiger partial charge in [0.15, 0.2) is 6.10 Å². The lowest BCUT2D eigenvalue weighted by Crippen LogP contribution is -2.33. The van der Waals surface area contributed by atoms with E-state index < -0.39 is 19.8 Å². The number of unbranched alkanes of at least 4 members (excludes halogenated alkanes) is 22. The Hall–Kier alpha value is -1.83. The highest BCUT2D eigenvalue weighted by atomic mass is 35.5. The predicted octanol–water partition coefficient (Wildman–Crippen LogP) is 15.5. The minimum Gasteiger partial charge on any atom is -0.462 e. The molecule has 0 aliphatic rings. The molecule has 11 heteroatoms. The predicted molar refractivity (Wildman–Crippen MR) is 253 cm³/mol. The lowest BCUT2D eigenvalue weighted by Gasteiger charge is -2.30. The number of rotatable bonds is 43. The van der Waals surface area contributed by atoms with Crippen LogP contribution in [0.15, 0.2) is 54.6 Å². The summed E-state index contributed by atoms with van der Waals surface area (Å²) in [7, 11) is -4.01. The third kappa shape index (κ3) is 32.8. The minimum absolute atomic E-state index is 0.171. The van der Waals surface area contributed by atoms with Crippen molar-refractivity contribution in [2.45, 2.75) is 200 Å². The van der Waals surface area contributed by atoms with Crippen molar-refractivity contribution in [3.8, 4) is 5.75 Å². The van der Waals surface area contributed by atoms with Crippen LogP contribution in [0.25, 0.3) is 0 Å². The zero-order valence-corrected chi connectivity index (χ0v) is 40.2. The minimum atomic E-state index is -4.01. The molecule has 2 atom stereocenters. The fourth-order valence-corrected chi connectivity index (χ4v) is 9.22. The number of hydrogen-bond acceptors (Lipinski definition) is 7. The number of halogens is 2. The Balaban J connectivity index is 2.58. The molecule has 0 fully saturated rings. The van der Waals surface area contributed by atoms with Crippen LogP contribution < -0.4 is 4.52 Å². The molecule has 0 aromatic heterocycles. The van der Waals surface area contributed by atoms with Crippen molar-refractivity contribution in [2.24, 2.45) is 0 Å². The Labute approximate surface area is 376 Å². The average molecular weight is 901 g/mol. The molecule has 0 aliphatic carbocycles. The maximum Gasteiger partial charge on any atom is 0.461 e. The van der Waals surface area contributed by atoms with E-state index in [0.29, 0.717) is 12.2 Å². The summed E-state index contributed by atoms with van der Waals surface area (Å²) in [6, 6.07) is 8.71. The highest BCUT2D eigenvalue weighted by Crippen LogP contribution is 2.52. The summed E-state index contributed by atoms with van der Waals surface area (Å²) in [5.74, 6) is -0.0819. The molecule has 0 radical (unpaired) electrons. The van der Waals surface area contributed by atoms with Crippen LogP contribution in [-0.2, 0) is 28.2 Å². The second-order valence-electron chi connectivity index (χ2n) is 16.0. The maximum atomic E-state index is 14.3. The molecule has 8 nitrogen and oxygen atoms in total. The summed E-state index contributed by atoms with van der Waals surface area (Å²) in [4.78, 5) is 25.8. The molecule has 1 aromatic carbocycles. The fourth-order valence-electron chi connectivity index (χ4n) is 6.81. The van der Waals surface area contributed by atoms with E-state index in [1.54, 1.807) is 24.3 Å². The van der Waals surface area contributed by atoms with Gasteiger partial charge in [-0.05, 0) is 76.3 Å². The SMILES string of the molecule is CCCCCCCCC=CCCCCCCCC(=O)OC(COC(=O)CCCCCCC/C=C\CCCCCCCC)COP(=O)(Oc1ccccc1)N(CCCl)CCCl. The lowest BCUT2D eigenvalue weighted by molar-refractivity contribution is -0.161. The topological polar surface area (TPSA) is 91.4 Å². The Bertz CT molecular complexity index is 1250. The summed E-state index contributed by atoms with van der Waals surface area (Å²) >= 11 is 12.1. The molecule has 0 bridgehead atoms. The van der Waals surface area contributed by atoms with Crippen molar-refractivity contribution in [3.05, 3.63) is 54.6 Å². The van der Waals surface area contributed by atoms with Gasteiger partial charge >= 0.3 is 19.7 Å². The van der Waals surface area contributed by atoms with Crippen LogP contribution >= 0.6 is 30.9 Å². The van der Waals surface area contributed by atoms with Crippen LogP contribution in [0.2, 0.25) is 0 Å². The van der Waals surface area contributed by atoms with Crippen molar-refractivity contribution >= 4 is 42.9 Å². The van der Waals surface area contributed by atoms with Crippen LogP contribution in [0, 0.1) is 0 Å². The molecule has 1 aromatic rings. The number of ether oxygens (including phenoxy) is 2. The first kappa shape index (κ1) is 56.2. The smallest absolute Gasteiger partial charge is 0.461 e. The Kier molecular flexibility index (Phi) is 38.6. The molecule has 0 aliphatic heterocycles. The quantitative estimate of drug-likeness (QED) is 0.0210. The highest BCUT2D eigenvalue weighted by molar-refractivity contribution is 7.51. The zero-order chi connectivity index (χ0) is 43.6. The largest absolute Gasteiger partial charge is 0.462 e. The Morgan fingerprint density at radius 3 is 1.45 bits per heavy atom. The monoisotopic (exact) mass is 900 g/mol. The summed E-state index contributed by atoms with van der Waals surface area (Å²) in [6.45, 7) is 4.39. The van der Waals surface area contributed by atoms with Crippen LogP contribution in [-0.4, -0.2) is 60.8 Å². The average Bonchev–Trinajstić information content (AvgIpc) is 3.24. The summed E-state index contributed by atoms with van der Waals surface area (Å²) in [6.07, 6.45) is 39.3. The van der Waals surface area contributed by atoms with E-state index in [9.17, 15) is 14.2 Å². The number of nitrogens with zero attached hydrogens (tertiary/aromatic N) is 1. The molecular weight excluding hydrogens is 816 g/mol. The van der Waals surface area contributed by atoms with Gasteiger partial charge in [0.05, 0.1) is 6.61 Å². The molecule has 0 N–H and O–H groups in total. The molecule has 0 amide bonds. The molecule has 0 spiro atoms. The van der Waals surface area contributed by atoms with E-state index in [0.717, 1.165) is 70.6 Å². The first-order valence-electron chi connectivity index (χ1n) is 23.9. The number of esters is 2. The third-order valence-corrected chi connectivity index (χ3v) is 12.8. The first-order valence-corrected chi connectivity index (χ1v) is 26.5. The van der Waals surface area contributed by atoms with Crippen LogP contribution in [0.4, 0.5) is 0 Å². The Morgan fingerprint density at radius 2 is 1.00 bits per heavy atom. The van der Waals surface area contributed by atoms with Gasteiger partial charge in [-0.25, -0.2) is 4.57 Å². The molecule has 346 valence electrons. The van der Waals surface area contributed by atoms with E-state index in [1.165, 1.54) is 94.6 Å². The molecular formula is C49H84Cl2NO7P. The van der Waals surface area contributed by atoms with Gasteiger partial charge in [-0.3, -0.25) is 14.1 Å². The van der Waals surface area contributed by atoms with Gasteiger partial charge in [-0.1, -0.05) is 159 Å². The molecule has 1 rings (SSSR count). The van der Waals surface area contributed by atoms with Crippen molar-refractivity contribution in [3.63, 3.8) is 0 Å². The van der Waals surface area contributed by atoms with E-state index in [1.807, 2.05) is 6.07 Å². The molecule has 0 saturated carbocycles. The number of alkyl halides is 2. The number of hydrogen-bond donors (Lipinski definition) is 0. The summed E-state index contributed by atoms with van der Waals surface area (Å²) in [5.41, 5.74) is 0. The maximum absolute atomic E-state index is 14.3. The fraction of sp³-hybridized carbons (Fsp3) is 0.755. The van der Waals surface area contributed by atoms with Gasteiger partial charge in [0.25, 0.3) is 0 Å². The number of para-hydroxylation sites is 1. The Morgan fingerprint density at radius 1 is 0.583 bits per heavy atom. The standard InChI is InChI=1S/C49H84Cl2NO7P/c1-3-5-7-9-11-13-15-17-19-21-23-25-27-29-34-38-48(53)56-44-47(45-57-60(55,52(42-40-50)43-41-51)59-46-36-32-31-33-37-46)58-49(54)39-35-30-28-26-24-22-20-18-16-14-12-10-8-6-4-2/h17-20,31-33,36-37,47H,3-16,21-30,34-35,38-45H2,1-2H3/b19-17-,20-18?. The first-order chi connectivity index (χ1) is 29.4. The lowest BCUT2D eigenvalue weighted by atomic mass is 10.1. The van der Waals surface area contributed by atoms with Crippen LogP contribution in [0.5, 0.6) is 5.75 Å². The van der Waals surface area contributed by atoms with Gasteiger partial charge in [0.1, 0.15) is 12.4 Å². The van der Waals surface area contributed by atoms with Gasteiger partial charge in [0.2, 0.25) is 0 Å². The van der Waals surface area contributed by atoms with E-state index >= 15 is 0 Å². The van der Waals surface area contributed by atoms with Crippen molar-refractivity contribution in [1.82, 2.24) is 4.67 Å². The molecule has 0 heterocycles. The van der Waals surface area contributed by atoms with Crippen molar-refractivity contribution < 1.29 is 32.7 Å². The highest BCUT2D eigenvalue weighted by Gasteiger charge is 2.36. The number of carbonyl (C=O) groups excluding carboxylic acids is 2. The summed E-state index contributed by atoms with van der Waals surface area (Å²) in [5, 5.41) is 0.